The summed E-state index contributed by atoms with van der Waals surface area (Å²) in [5.41, 5.74) is 0.630. The smallest absolute Gasteiger partial charge is 0.416 e. The zero-order valence-electron chi connectivity index (χ0n) is 18.0. The van der Waals surface area contributed by atoms with Crippen LogP contribution in [0.15, 0.2) is 36.8 Å². The second-order valence-electron chi connectivity index (χ2n) is 9.11. The van der Waals surface area contributed by atoms with Crippen LogP contribution in [0.4, 0.5) is 23.7 Å². The Morgan fingerprint density at radius 1 is 1.21 bits per heavy atom. The minimum atomic E-state index is -4.56. The van der Waals surface area contributed by atoms with Gasteiger partial charge in [0, 0.05) is 44.0 Å². The van der Waals surface area contributed by atoms with E-state index in [-0.39, 0.29) is 17.0 Å². The minimum Gasteiger partial charge on any atom is -0.465 e. The third-order valence-electron chi connectivity index (χ3n) is 6.81. The van der Waals surface area contributed by atoms with Gasteiger partial charge in [0.15, 0.2) is 0 Å². The van der Waals surface area contributed by atoms with Gasteiger partial charge in [-0.25, -0.2) is 9.31 Å². The summed E-state index contributed by atoms with van der Waals surface area (Å²) in [7, 11) is 1.83. The number of amides is 2. The summed E-state index contributed by atoms with van der Waals surface area (Å²) in [6.45, 7) is 2.57. The van der Waals surface area contributed by atoms with Crippen molar-refractivity contribution in [1.29, 1.82) is 0 Å². The van der Waals surface area contributed by atoms with Crippen molar-refractivity contribution in [2.24, 2.45) is 12.5 Å². The van der Waals surface area contributed by atoms with Gasteiger partial charge in [-0.3, -0.25) is 9.69 Å². The normalized spacial score (nSPS) is 17.8. The summed E-state index contributed by atoms with van der Waals surface area (Å²) in [5, 5.41) is 14.0. The molecule has 1 N–H and O–H groups in total. The Labute approximate surface area is 186 Å². The van der Waals surface area contributed by atoms with E-state index in [1.807, 2.05) is 17.8 Å². The van der Waals surface area contributed by atoms with Crippen LogP contribution in [0, 0.1) is 12.3 Å². The largest absolute Gasteiger partial charge is 0.465 e. The van der Waals surface area contributed by atoms with E-state index in [0.29, 0.717) is 42.7 Å². The van der Waals surface area contributed by atoms with Crippen LogP contribution in [0.3, 0.4) is 0 Å². The van der Waals surface area contributed by atoms with Gasteiger partial charge < -0.3 is 14.6 Å². The van der Waals surface area contributed by atoms with E-state index in [1.165, 1.54) is 12.3 Å². The molecule has 1 spiro atoms. The number of alkyl halides is 3. The molecular formula is C22H22F3N5O3. The Bertz CT molecular complexity index is 1260. The lowest BCUT2D eigenvalue weighted by Crippen LogP contribution is -2.68. The van der Waals surface area contributed by atoms with Gasteiger partial charge in [0.1, 0.15) is 11.2 Å². The van der Waals surface area contributed by atoms with Gasteiger partial charge in [-0.15, -0.1) is 0 Å². The number of rotatable bonds is 3. The third kappa shape index (κ3) is 3.33. The number of aryl methyl sites for hydroxylation is 2. The molecular weight excluding hydrogens is 439 g/mol. The molecule has 0 atom stereocenters. The predicted octanol–water partition coefficient (Wildman–Crippen LogP) is 3.79. The van der Waals surface area contributed by atoms with Gasteiger partial charge in [0.05, 0.1) is 17.4 Å². The minimum absolute atomic E-state index is 0.0513. The number of aromatic nitrogens is 3. The van der Waals surface area contributed by atoms with Crippen molar-refractivity contribution in [2.75, 3.05) is 18.0 Å². The molecule has 1 saturated carbocycles. The molecule has 5 rings (SSSR count). The fraction of sp³-hybridized carbons (Fsp3) is 0.409. The highest BCUT2D eigenvalue weighted by atomic mass is 19.4. The van der Waals surface area contributed by atoms with Crippen LogP contribution in [0.25, 0.3) is 5.65 Å². The number of carbonyl (C=O) groups excluding carboxylic acids is 1. The van der Waals surface area contributed by atoms with Crippen molar-refractivity contribution in [3.8, 4) is 0 Å². The molecule has 11 heteroatoms. The van der Waals surface area contributed by atoms with Crippen LogP contribution in [-0.4, -0.2) is 55.3 Å². The number of hydrogen-bond acceptors (Lipinski definition) is 3. The van der Waals surface area contributed by atoms with Crippen molar-refractivity contribution in [3.05, 3.63) is 53.5 Å². The first-order valence-electron chi connectivity index (χ1n) is 10.5. The molecule has 8 nitrogen and oxygen atoms in total. The van der Waals surface area contributed by atoms with E-state index in [1.54, 1.807) is 22.5 Å². The standard InChI is InChI=1S/C22H22F3N5O3/c1-13-3-4-14(22(23,24)25)7-17(13)30(20(32)33)15-8-21(9-15)11-28(12-21)19(31)16-10-26-29-6-5-27(2)18(16)29/h3-7,10,15H,8-9,11-12H2,1-2H3,(H,32,33). The second kappa shape index (κ2) is 7.00. The highest BCUT2D eigenvalue weighted by Crippen LogP contribution is 2.52. The van der Waals surface area contributed by atoms with E-state index in [2.05, 4.69) is 5.10 Å². The second-order valence-corrected chi connectivity index (χ2v) is 9.11. The molecule has 33 heavy (non-hydrogen) atoms. The number of nitrogens with zero attached hydrogens (tertiary/aromatic N) is 5. The van der Waals surface area contributed by atoms with Gasteiger partial charge >= 0.3 is 12.3 Å². The summed E-state index contributed by atoms with van der Waals surface area (Å²) in [6, 6.07) is 2.72. The van der Waals surface area contributed by atoms with Crippen LogP contribution in [0.1, 0.15) is 34.3 Å². The lowest BCUT2D eigenvalue weighted by Gasteiger charge is -2.60. The first-order valence-corrected chi connectivity index (χ1v) is 10.5. The van der Waals surface area contributed by atoms with Crippen LogP contribution in [-0.2, 0) is 13.2 Å². The van der Waals surface area contributed by atoms with E-state index < -0.39 is 23.9 Å². The van der Waals surface area contributed by atoms with E-state index in [9.17, 15) is 27.9 Å². The average molecular weight is 461 g/mol. The van der Waals surface area contributed by atoms with E-state index in [0.717, 1.165) is 17.0 Å². The molecule has 0 unspecified atom stereocenters. The lowest BCUT2D eigenvalue weighted by atomic mass is 9.60. The molecule has 3 heterocycles. The molecule has 1 aromatic carbocycles. The molecule has 3 aromatic rings. The van der Waals surface area contributed by atoms with Crippen molar-refractivity contribution in [1.82, 2.24) is 19.1 Å². The summed E-state index contributed by atoms with van der Waals surface area (Å²) < 4.78 is 43.0. The topological polar surface area (TPSA) is 83.1 Å². The van der Waals surface area contributed by atoms with E-state index in [4.69, 9.17) is 0 Å². The quantitative estimate of drug-likeness (QED) is 0.644. The summed E-state index contributed by atoms with van der Waals surface area (Å²) in [5.74, 6) is -0.135. The van der Waals surface area contributed by atoms with Crippen molar-refractivity contribution in [2.45, 2.75) is 32.0 Å². The lowest BCUT2D eigenvalue weighted by molar-refractivity contribution is -0.137. The maximum Gasteiger partial charge on any atom is 0.416 e. The zero-order valence-corrected chi connectivity index (χ0v) is 18.0. The van der Waals surface area contributed by atoms with Crippen molar-refractivity contribution >= 4 is 23.3 Å². The highest BCUT2D eigenvalue weighted by molar-refractivity contribution is 6.00. The van der Waals surface area contributed by atoms with E-state index >= 15 is 0 Å². The Hall–Kier alpha value is -3.50. The maximum atomic E-state index is 13.2. The molecule has 0 bridgehead atoms. The number of anilines is 1. The van der Waals surface area contributed by atoms with Crippen LogP contribution < -0.4 is 4.90 Å². The molecule has 1 aliphatic carbocycles. The third-order valence-corrected chi connectivity index (χ3v) is 6.81. The number of benzene rings is 1. The molecule has 0 radical (unpaired) electrons. The number of halogens is 3. The van der Waals surface area contributed by atoms with Crippen LogP contribution >= 0.6 is 0 Å². The zero-order chi connectivity index (χ0) is 23.7. The number of likely N-dealkylation sites (tertiary alicyclic amines) is 1. The molecule has 1 saturated heterocycles. The van der Waals surface area contributed by atoms with Gasteiger partial charge in [0.2, 0.25) is 0 Å². The summed E-state index contributed by atoms with van der Waals surface area (Å²) >= 11 is 0. The molecule has 2 fully saturated rings. The van der Waals surface area contributed by atoms with Crippen LogP contribution in [0.5, 0.6) is 0 Å². The molecule has 1 aliphatic heterocycles. The van der Waals surface area contributed by atoms with Gasteiger partial charge in [0.25, 0.3) is 5.91 Å². The van der Waals surface area contributed by atoms with Gasteiger partial charge in [-0.05, 0) is 37.5 Å². The summed E-state index contributed by atoms with van der Waals surface area (Å²) in [4.78, 5) is 27.7. The van der Waals surface area contributed by atoms with Gasteiger partial charge in [-0.2, -0.15) is 18.3 Å². The molecule has 2 aliphatic rings. The van der Waals surface area contributed by atoms with Crippen molar-refractivity contribution < 1.29 is 27.9 Å². The monoisotopic (exact) mass is 461 g/mol. The number of hydrogen-bond donors (Lipinski definition) is 1. The Morgan fingerprint density at radius 2 is 1.91 bits per heavy atom. The number of imidazole rings is 1. The number of carboxylic acid groups (broad SMARTS) is 1. The number of fused-ring (bicyclic) bond motifs is 1. The first kappa shape index (κ1) is 21.4. The fourth-order valence-corrected chi connectivity index (χ4v) is 5.16. The maximum absolute atomic E-state index is 13.2. The SMILES string of the molecule is Cc1ccc(C(F)(F)F)cc1N(C(=O)O)C1CC2(C1)CN(C(=O)c1cnn3ccn(C)c13)C2. The first-order chi connectivity index (χ1) is 15.5. The fourth-order valence-electron chi connectivity index (χ4n) is 5.16. The Kier molecular flexibility index (Phi) is 4.53. The summed E-state index contributed by atoms with van der Waals surface area (Å²) in [6.07, 6.45) is 0.253. The van der Waals surface area contributed by atoms with Crippen LogP contribution in [0.2, 0.25) is 0 Å². The number of carbonyl (C=O) groups is 2. The molecule has 174 valence electrons. The average Bonchev–Trinajstić information content (AvgIpc) is 3.25. The van der Waals surface area contributed by atoms with Gasteiger partial charge in [-0.1, -0.05) is 6.07 Å². The van der Waals surface area contributed by atoms with Crippen molar-refractivity contribution in [3.63, 3.8) is 0 Å². The molecule has 2 amide bonds. The highest BCUT2D eigenvalue weighted by Gasteiger charge is 2.56. The Morgan fingerprint density at radius 3 is 2.55 bits per heavy atom. The Balaban J connectivity index is 1.29. The predicted molar refractivity (Wildman–Crippen MR) is 112 cm³/mol. The molecule has 2 aromatic heterocycles.